The van der Waals surface area contributed by atoms with Crippen molar-refractivity contribution >= 4 is 17.0 Å². The zero-order chi connectivity index (χ0) is 22.1. The van der Waals surface area contributed by atoms with Gasteiger partial charge in [-0.25, -0.2) is 9.37 Å². The van der Waals surface area contributed by atoms with Gasteiger partial charge in [0.25, 0.3) is 5.56 Å². The molecule has 7 heteroatoms. The van der Waals surface area contributed by atoms with E-state index in [0.29, 0.717) is 16.7 Å². The zero-order valence-corrected chi connectivity index (χ0v) is 17.6. The van der Waals surface area contributed by atoms with E-state index in [4.69, 9.17) is 0 Å². The SMILES string of the molecule is Cc1cc(F)ccc1-c1nc(NCCO)nc2c1ccc(=O)n2-c1c(C)cccc1C. The minimum Gasteiger partial charge on any atom is -0.395 e. The van der Waals surface area contributed by atoms with Crippen LogP contribution in [0.2, 0.25) is 0 Å². The van der Waals surface area contributed by atoms with Crippen LogP contribution in [0.15, 0.2) is 53.3 Å². The molecule has 0 aliphatic rings. The summed E-state index contributed by atoms with van der Waals surface area (Å²) in [6, 6.07) is 13.6. The van der Waals surface area contributed by atoms with Crippen LogP contribution < -0.4 is 10.9 Å². The molecule has 0 radical (unpaired) electrons. The van der Waals surface area contributed by atoms with E-state index >= 15 is 0 Å². The number of aliphatic hydroxyl groups excluding tert-OH is 1. The standard InChI is InChI=1S/C24H23FN4O2/c1-14-5-4-6-15(2)22(14)29-20(31)10-9-19-21(18-8-7-17(25)13-16(18)3)27-24(26-11-12-30)28-23(19)29/h4-10,13,30H,11-12H2,1-3H3,(H,26,27,28). The first-order valence-corrected chi connectivity index (χ1v) is 10.0. The van der Waals surface area contributed by atoms with Gasteiger partial charge >= 0.3 is 0 Å². The number of fused-ring (bicyclic) bond motifs is 1. The number of hydrogen-bond acceptors (Lipinski definition) is 5. The molecule has 2 heterocycles. The van der Waals surface area contributed by atoms with Gasteiger partial charge in [-0.05, 0) is 61.7 Å². The van der Waals surface area contributed by atoms with Gasteiger partial charge in [0.05, 0.1) is 18.0 Å². The van der Waals surface area contributed by atoms with Crippen LogP contribution in [0.5, 0.6) is 0 Å². The minimum atomic E-state index is -0.328. The number of benzene rings is 2. The largest absolute Gasteiger partial charge is 0.395 e. The lowest BCUT2D eigenvalue weighted by Crippen LogP contribution is -2.21. The van der Waals surface area contributed by atoms with E-state index in [2.05, 4.69) is 15.3 Å². The number of pyridine rings is 1. The average molecular weight is 418 g/mol. The van der Waals surface area contributed by atoms with Crippen molar-refractivity contribution in [3.05, 3.63) is 81.4 Å². The molecule has 2 aromatic carbocycles. The van der Waals surface area contributed by atoms with Crippen molar-refractivity contribution in [2.45, 2.75) is 20.8 Å². The van der Waals surface area contributed by atoms with Crippen LogP contribution in [0, 0.1) is 26.6 Å². The van der Waals surface area contributed by atoms with Crippen molar-refractivity contribution in [1.29, 1.82) is 0 Å². The average Bonchev–Trinajstić information content (AvgIpc) is 2.73. The molecule has 0 spiro atoms. The molecule has 0 bridgehead atoms. The molecule has 0 saturated carbocycles. The highest BCUT2D eigenvalue weighted by atomic mass is 19.1. The Balaban J connectivity index is 2.11. The van der Waals surface area contributed by atoms with E-state index in [1.165, 1.54) is 18.2 Å². The van der Waals surface area contributed by atoms with E-state index in [-0.39, 0.29) is 30.5 Å². The summed E-state index contributed by atoms with van der Waals surface area (Å²) in [6.45, 7) is 5.88. The molecule has 4 rings (SSSR count). The number of aryl methyl sites for hydroxylation is 3. The van der Waals surface area contributed by atoms with E-state index in [1.54, 1.807) is 16.7 Å². The Morgan fingerprint density at radius 3 is 2.42 bits per heavy atom. The summed E-state index contributed by atoms with van der Waals surface area (Å²) in [4.78, 5) is 22.3. The summed E-state index contributed by atoms with van der Waals surface area (Å²) < 4.78 is 15.3. The van der Waals surface area contributed by atoms with E-state index in [1.807, 2.05) is 39.0 Å². The molecule has 0 amide bonds. The van der Waals surface area contributed by atoms with Gasteiger partial charge in [-0.15, -0.1) is 0 Å². The summed E-state index contributed by atoms with van der Waals surface area (Å²) in [7, 11) is 0. The Hall–Kier alpha value is -3.58. The van der Waals surface area contributed by atoms with Gasteiger partial charge in [0.2, 0.25) is 5.95 Å². The molecular weight excluding hydrogens is 395 g/mol. The fourth-order valence-corrected chi connectivity index (χ4v) is 3.83. The first-order valence-electron chi connectivity index (χ1n) is 10.0. The molecule has 158 valence electrons. The van der Waals surface area contributed by atoms with Crippen LogP contribution in [-0.4, -0.2) is 32.8 Å². The molecule has 0 fully saturated rings. The Bertz CT molecular complexity index is 1330. The van der Waals surface area contributed by atoms with Crippen LogP contribution in [0.4, 0.5) is 10.3 Å². The predicted octanol–water partition coefficient (Wildman–Crippen LogP) is 3.92. The second-order valence-corrected chi connectivity index (χ2v) is 7.49. The number of rotatable bonds is 5. The lowest BCUT2D eigenvalue weighted by atomic mass is 10.0. The third-order valence-corrected chi connectivity index (χ3v) is 5.25. The van der Waals surface area contributed by atoms with Crippen molar-refractivity contribution in [3.8, 4) is 16.9 Å². The first kappa shape index (κ1) is 20.7. The Kier molecular flexibility index (Phi) is 5.52. The highest BCUT2D eigenvalue weighted by molar-refractivity contribution is 5.93. The van der Waals surface area contributed by atoms with Crippen molar-refractivity contribution in [3.63, 3.8) is 0 Å². The van der Waals surface area contributed by atoms with Crippen LogP contribution in [0.25, 0.3) is 28.0 Å². The third-order valence-electron chi connectivity index (χ3n) is 5.25. The van der Waals surface area contributed by atoms with Gasteiger partial charge in [-0.2, -0.15) is 4.98 Å². The maximum atomic E-state index is 13.7. The summed E-state index contributed by atoms with van der Waals surface area (Å²) >= 11 is 0. The van der Waals surface area contributed by atoms with E-state index < -0.39 is 0 Å². The van der Waals surface area contributed by atoms with Crippen molar-refractivity contribution < 1.29 is 9.50 Å². The highest BCUT2D eigenvalue weighted by Gasteiger charge is 2.18. The quantitative estimate of drug-likeness (QED) is 0.514. The Morgan fingerprint density at radius 2 is 1.74 bits per heavy atom. The summed E-state index contributed by atoms with van der Waals surface area (Å²) in [5.74, 6) is -0.0449. The van der Waals surface area contributed by atoms with Crippen LogP contribution in [0.3, 0.4) is 0 Å². The van der Waals surface area contributed by atoms with Crippen molar-refractivity contribution in [2.24, 2.45) is 0 Å². The Morgan fingerprint density at radius 1 is 1.00 bits per heavy atom. The smallest absolute Gasteiger partial charge is 0.256 e. The lowest BCUT2D eigenvalue weighted by molar-refractivity contribution is 0.311. The number of nitrogens with one attached hydrogen (secondary N) is 1. The lowest BCUT2D eigenvalue weighted by Gasteiger charge is -2.17. The van der Waals surface area contributed by atoms with Gasteiger partial charge in [-0.1, -0.05) is 18.2 Å². The molecule has 0 aliphatic carbocycles. The topological polar surface area (TPSA) is 80.0 Å². The van der Waals surface area contributed by atoms with Gasteiger partial charge in [0.15, 0.2) is 5.65 Å². The summed E-state index contributed by atoms with van der Waals surface area (Å²) in [5, 5.41) is 12.9. The highest BCUT2D eigenvalue weighted by Crippen LogP contribution is 2.31. The molecular formula is C24H23FN4O2. The molecule has 4 aromatic rings. The van der Waals surface area contributed by atoms with E-state index in [0.717, 1.165) is 27.9 Å². The second kappa shape index (κ2) is 8.28. The number of anilines is 1. The first-order chi connectivity index (χ1) is 14.9. The van der Waals surface area contributed by atoms with Crippen LogP contribution in [0.1, 0.15) is 16.7 Å². The Labute approximate surface area is 179 Å². The van der Waals surface area contributed by atoms with Gasteiger partial charge < -0.3 is 10.4 Å². The fourth-order valence-electron chi connectivity index (χ4n) is 3.83. The van der Waals surface area contributed by atoms with Gasteiger partial charge in [0.1, 0.15) is 5.82 Å². The van der Waals surface area contributed by atoms with Crippen LogP contribution in [-0.2, 0) is 0 Å². The minimum absolute atomic E-state index is 0.0925. The molecule has 0 unspecified atom stereocenters. The molecule has 0 saturated heterocycles. The normalized spacial score (nSPS) is 11.1. The number of aliphatic hydroxyl groups is 1. The second-order valence-electron chi connectivity index (χ2n) is 7.49. The third kappa shape index (κ3) is 3.80. The molecule has 0 atom stereocenters. The van der Waals surface area contributed by atoms with Gasteiger partial charge in [0, 0.05) is 23.6 Å². The predicted molar refractivity (Wildman–Crippen MR) is 120 cm³/mol. The van der Waals surface area contributed by atoms with Crippen molar-refractivity contribution in [1.82, 2.24) is 14.5 Å². The number of hydrogen-bond donors (Lipinski definition) is 2. The zero-order valence-electron chi connectivity index (χ0n) is 17.6. The molecule has 0 aliphatic heterocycles. The van der Waals surface area contributed by atoms with Gasteiger partial charge in [-0.3, -0.25) is 9.36 Å². The number of para-hydroxylation sites is 1. The molecule has 31 heavy (non-hydrogen) atoms. The molecule has 2 N–H and O–H groups in total. The summed E-state index contributed by atoms with van der Waals surface area (Å²) in [6.07, 6.45) is 0. The number of aromatic nitrogens is 3. The molecule has 6 nitrogen and oxygen atoms in total. The number of halogens is 1. The van der Waals surface area contributed by atoms with E-state index in [9.17, 15) is 14.3 Å². The number of nitrogens with zero attached hydrogens (tertiary/aromatic N) is 3. The van der Waals surface area contributed by atoms with Crippen LogP contribution >= 0.6 is 0 Å². The maximum Gasteiger partial charge on any atom is 0.256 e. The summed E-state index contributed by atoms with van der Waals surface area (Å²) in [5.41, 5.74) is 4.94. The maximum absolute atomic E-state index is 13.7. The monoisotopic (exact) mass is 418 g/mol. The van der Waals surface area contributed by atoms with Crippen molar-refractivity contribution in [2.75, 3.05) is 18.5 Å². The molecule has 2 aromatic heterocycles. The fraction of sp³-hybridized carbons (Fsp3) is 0.208.